The van der Waals surface area contributed by atoms with Gasteiger partial charge < -0.3 is 11.1 Å². The van der Waals surface area contributed by atoms with Gasteiger partial charge in [-0.3, -0.25) is 9.20 Å². The molecule has 23 heavy (non-hydrogen) atoms. The number of aromatic nitrogens is 2. The van der Waals surface area contributed by atoms with E-state index < -0.39 is 15.7 Å². The number of sulfone groups is 1. The second-order valence-electron chi connectivity index (χ2n) is 6.01. The first-order chi connectivity index (χ1) is 10.7. The van der Waals surface area contributed by atoms with Crippen molar-refractivity contribution in [2.75, 3.05) is 12.8 Å². The molecule has 8 heteroatoms. The molecule has 2 aromatic rings. The van der Waals surface area contributed by atoms with E-state index in [1.165, 1.54) is 4.40 Å². The monoisotopic (exact) mass is 338 g/mol. The van der Waals surface area contributed by atoms with Crippen LogP contribution in [-0.2, 0) is 9.84 Å². The van der Waals surface area contributed by atoms with Crippen molar-refractivity contribution in [3.63, 3.8) is 0 Å². The third-order valence-corrected chi connectivity index (χ3v) is 4.39. The van der Waals surface area contributed by atoms with Gasteiger partial charge in [0, 0.05) is 25.0 Å². The van der Waals surface area contributed by atoms with E-state index in [1.54, 1.807) is 24.4 Å². The lowest BCUT2D eigenvalue weighted by molar-refractivity contribution is 0.0930. The molecule has 0 saturated carbocycles. The van der Waals surface area contributed by atoms with Gasteiger partial charge in [-0.25, -0.2) is 13.4 Å². The molecular weight excluding hydrogens is 316 g/mol. The molecule has 2 aromatic heterocycles. The number of pyridine rings is 1. The number of nitrogens with one attached hydrogen (secondary N) is 1. The van der Waals surface area contributed by atoms with Crippen molar-refractivity contribution < 1.29 is 13.2 Å². The molecule has 0 bridgehead atoms. The van der Waals surface area contributed by atoms with Gasteiger partial charge in [0.2, 0.25) is 15.0 Å². The molecule has 126 valence electrons. The number of nitrogens with two attached hydrogens (primary N) is 1. The van der Waals surface area contributed by atoms with E-state index >= 15 is 0 Å². The molecular formula is C15H22N4O3S. The summed E-state index contributed by atoms with van der Waals surface area (Å²) in [5, 5.41) is 2.69. The minimum Gasteiger partial charge on any atom is -0.347 e. The lowest BCUT2D eigenvalue weighted by atomic mass is 10.0. The van der Waals surface area contributed by atoms with Crippen LogP contribution in [0.3, 0.4) is 0 Å². The Labute approximate surface area is 135 Å². The van der Waals surface area contributed by atoms with Crippen LogP contribution in [0.4, 0.5) is 0 Å². The normalized spacial score (nSPS) is 13.4. The predicted octanol–water partition coefficient (Wildman–Crippen LogP) is 0.841. The summed E-state index contributed by atoms with van der Waals surface area (Å²) in [4.78, 5) is 16.6. The summed E-state index contributed by atoms with van der Waals surface area (Å²) < 4.78 is 25.2. The number of nitrogens with zero attached hydrogens (tertiary/aromatic N) is 2. The Morgan fingerprint density at radius 1 is 1.39 bits per heavy atom. The second kappa shape index (κ2) is 6.67. The fourth-order valence-corrected chi connectivity index (χ4v) is 3.25. The number of carbonyl (C=O) groups excluding carboxylic acids is 1. The van der Waals surface area contributed by atoms with Crippen molar-refractivity contribution in [1.29, 1.82) is 0 Å². The van der Waals surface area contributed by atoms with Gasteiger partial charge in [0.25, 0.3) is 5.91 Å². The molecule has 0 fully saturated rings. The van der Waals surface area contributed by atoms with Gasteiger partial charge in [0.1, 0.15) is 0 Å². The average molecular weight is 338 g/mol. The minimum absolute atomic E-state index is 0.0910. The Morgan fingerprint density at radius 2 is 2.09 bits per heavy atom. The molecule has 0 radical (unpaired) electrons. The molecule has 1 atom stereocenters. The summed E-state index contributed by atoms with van der Waals surface area (Å²) in [6, 6.07) is 4.90. The zero-order valence-electron chi connectivity index (χ0n) is 13.5. The summed E-state index contributed by atoms with van der Waals surface area (Å²) in [5.41, 5.74) is 6.24. The van der Waals surface area contributed by atoms with Crippen LogP contribution in [0.1, 0.15) is 30.8 Å². The van der Waals surface area contributed by atoms with Crippen molar-refractivity contribution >= 4 is 21.3 Å². The van der Waals surface area contributed by atoms with Gasteiger partial charge in [-0.2, -0.15) is 0 Å². The van der Waals surface area contributed by atoms with Crippen molar-refractivity contribution in [3.8, 4) is 0 Å². The highest BCUT2D eigenvalue weighted by atomic mass is 32.2. The molecule has 1 amide bonds. The van der Waals surface area contributed by atoms with Crippen LogP contribution in [0.25, 0.3) is 5.52 Å². The maximum atomic E-state index is 12.5. The van der Waals surface area contributed by atoms with Gasteiger partial charge in [-0.1, -0.05) is 19.9 Å². The van der Waals surface area contributed by atoms with Crippen LogP contribution in [0, 0.1) is 5.92 Å². The van der Waals surface area contributed by atoms with E-state index in [0.29, 0.717) is 18.0 Å². The van der Waals surface area contributed by atoms with Crippen molar-refractivity contribution in [3.05, 3.63) is 30.1 Å². The Hall–Kier alpha value is -1.93. The number of rotatable bonds is 6. The predicted molar refractivity (Wildman–Crippen MR) is 88.1 cm³/mol. The molecule has 0 aliphatic carbocycles. The van der Waals surface area contributed by atoms with Gasteiger partial charge in [0.05, 0.1) is 5.52 Å². The summed E-state index contributed by atoms with van der Waals surface area (Å²) in [5.74, 6) is -0.0335. The Kier molecular flexibility index (Phi) is 5.06. The molecule has 0 aromatic carbocycles. The summed E-state index contributed by atoms with van der Waals surface area (Å²) in [7, 11) is -3.55. The molecule has 2 rings (SSSR count). The molecule has 0 spiro atoms. The van der Waals surface area contributed by atoms with Crippen molar-refractivity contribution in [1.82, 2.24) is 14.7 Å². The van der Waals surface area contributed by atoms with E-state index in [-0.39, 0.29) is 16.9 Å². The highest BCUT2D eigenvalue weighted by molar-refractivity contribution is 7.90. The molecule has 1 unspecified atom stereocenters. The fraction of sp³-hybridized carbons (Fsp3) is 0.467. The van der Waals surface area contributed by atoms with Crippen LogP contribution in [-0.4, -0.2) is 42.6 Å². The first-order valence-corrected chi connectivity index (χ1v) is 9.31. The SMILES string of the molecule is CC(C)CC(CN)NC(=O)c1nc(S(C)(=O)=O)n2ccccc12. The molecule has 3 N–H and O–H groups in total. The number of hydrogen-bond donors (Lipinski definition) is 2. The van der Waals surface area contributed by atoms with Crippen LogP contribution in [0.15, 0.2) is 29.6 Å². The van der Waals surface area contributed by atoms with E-state index in [1.807, 2.05) is 13.8 Å². The zero-order valence-corrected chi connectivity index (χ0v) is 14.3. The second-order valence-corrected chi connectivity index (χ2v) is 7.92. The first kappa shape index (κ1) is 17.4. The number of fused-ring (bicyclic) bond motifs is 1. The van der Waals surface area contributed by atoms with E-state index in [4.69, 9.17) is 5.73 Å². The maximum absolute atomic E-state index is 12.5. The molecule has 2 heterocycles. The summed E-state index contributed by atoms with van der Waals surface area (Å²) >= 11 is 0. The highest BCUT2D eigenvalue weighted by Crippen LogP contribution is 2.17. The fourth-order valence-electron chi connectivity index (χ4n) is 2.48. The highest BCUT2D eigenvalue weighted by Gasteiger charge is 2.24. The largest absolute Gasteiger partial charge is 0.347 e. The molecule has 0 aliphatic rings. The van der Waals surface area contributed by atoms with Gasteiger partial charge in [-0.05, 0) is 24.5 Å². The minimum atomic E-state index is -3.55. The van der Waals surface area contributed by atoms with E-state index in [0.717, 1.165) is 12.7 Å². The van der Waals surface area contributed by atoms with Crippen LogP contribution in [0.5, 0.6) is 0 Å². The van der Waals surface area contributed by atoms with E-state index in [9.17, 15) is 13.2 Å². The molecule has 0 aliphatic heterocycles. The third kappa shape index (κ3) is 3.89. The zero-order chi connectivity index (χ0) is 17.2. The Morgan fingerprint density at radius 3 is 2.65 bits per heavy atom. The standard InChI is InChI=1S/C15H22N4O3S/c1-10(2)8-11(9-16)17-14(20)13-12-6-4-5-7-19(12)15(18-13)23(3,21)22/h4-7,10-11H,8-9,16H2,1-3H3,(H,17,20). The van der Waals surface area contributed by atoms with Gasteiger partial charge in [-0.15, -0.1) is 0 Å². The van der Waals surface area contributed by atoms with Gasteiger partial charge >= 0.3 is 0 Å². The molecule has 7 nitrogen and oxygen atoms in total. The number of imidazole rings is 1. The lowest BCUT2D eigenvalue weighted by Crippen LogP contribution is -2.41. The average Bonchev–Trinajstić information content (AvgIpc) is 2.85. The quantitative estimate of drug-likeness (QED) is 0.812. The third-order valence-electron chi connectivity index (χ3n) is 3.44. The first-order valence-electron chi connectivity index (χ1n) is 7.42. The topological polar surface area (TPSA) is 107 Å². The lowest BCUT2D eigenvalue weighted by Gasteiger charge is -2.18. The van der Waals surface area contributed by atoms with Gasteiger partial charge in [0.15, 0.2) is 5.69 Å². The Balaban J connectivity index is 2.42. The summed E-state index contributed by atoms with van der Waals surface area (Å²) in [6.07, 6.45) is 3.38. The van der Waals surface area contributed by atoms with Crippen LogP contribution < -0.4 is 11.1 Å². The molecule has 0 saturated heterocycles. The van der Waals surface area contributed by atoms with Crippen molar-refractivity contribution in [2.24, 2.45) is 11.7 Å². The smallest absolute Gasteiger partial charge is 0.272 e. The Bertz CT molecular complexity index is 811. The van der Waals surface area contributed by atoms with E-state index in [2.05, 4.69) is 10.3 Å². The number of hydrogen-bond acceptors (Lipinski definition) is 5. The summed E-state index contributed by atoms with van der Waals surface area (Å²) in [6.45, 7) is 4.40. The number of carbonyl (C=O) groups is 1. The van der Waals surface area contributed by atoms with Crippen molar-refractivity contribution in [2.45, 2.75) is 31.5 Å². The van der Waals surface area contributed by atoms with Crippen LogP contribution in [0.2, 0.25) is 0 Å². The maximum Gasteiger partial charge on any atom is 0.272 e. The van der Waals surface area contributed by atoms with Crippen LogP contribution >= 0.6 is 0 Å². The number of amides is 1.